The van der Waals surface area contributed by atoms with Gasteiger partial charge in [-0.3, -0.25) is 14.4 Å². The topological polar surface area (TPSA) is 101 Å². The largest absolute Gasteiger partial charge is 0.480 e. The van der Waals surface area contributed by atoms with Gasteiger partial charge >= 0.3 is 5.97 Å². The molecule has 0 radical (unpaired) electrons. The molecule has 1 aliphatic heterocycles. The Kier molecular flexibility index (Phi) is 7.91. The molecular weight excluding hydrogens is 330 g/mol. The zero-order valence-corrected chi connectivity index (χ0v) is 14.1. The number of carboxylic acids is 1. The Bertz CT molecular complexity index is 438. The third-order valence-electron chi connectivity index (χ3n) is 3.02. The van der Waals surface area contributed by atoms with Crippen LogP contribution in [0.1, 0.15) is 13.8 Å². The molecule has 0 aromatic rings. The molecule has 1 fully saturated rings. The summed E-state index contributed by atoms with van der Waals surface area (Å²) in [4.78, 5) is 47.3. The molecule has 0 aliphatic carbocycles. The van der Waals surface area contributed by atoms with Gasteiger partial charge in [-0.15, -0.1) is 0 Å². The number of carbonyl (C=O) groups excluding carboxylic acids is 3. The highest BCUT2D eigenvalue weighted by Crippen LogP contribution is 2.21. The summed E-state index contributed by atoms with van der Waals surface area (Å²) in [7, 11) is 0. The number of morpholine rings is 1. The molecule has 0 spiro atoms. The predicted octanol–water partition coefficient (Wildman–Crippen LogP) is 0.474. The standard InChI is InChI=1S/C13H19NO6S2/c1-8(15)21-6-10(7-22-9(2)16)12(17)14-3-4-20-5-11(14)13(18)19/h10-11H,3-7H2,1-2H3,(H,18,19). The number of hydrogen-bond donors (Lipinski definition) is 1. The van der Waals surface area contributed by atoms with Crippen molar-refractivity contribution in [1.29, 1.82) is 0 Å². The zero-order valence-electron chi connectivity index (χ0n) is 12.4. The van der Waals surface area contributed by atoms with E-state index in [2.05, 4.69) is 0 Å². The van der Waals surface area contributed by atoms with Crippen molar-refractivity contribution in [2.75, 3.05) is 31.3 Å². The summed E-state index contributed by atoms with van der Waals surface area (Å²) >= 11 is 2.01. The smallest absolute Gasteiger partial charge is 0.328 e. The van der Waals surface area contributed by atoms with Crippen LogP contribution in [0.15, 0.2) is 0 Å². The number of rotatable bonds is 6. The van der Waals surface area contributed by atoms with Crippen LogP contribution in [-0.4, -0.2) is 69.4 Å². The van der Waals surface area contributed by atoms with Gasteiger partial charge in [0.05, 0.1) is 19.1 Å². The highest BCUT2D eigenvalue weighted by atomic mass is 32.2. The molecule has 1 saturated heterocycles. The van der Waals surface area contributed by atoms with Crippen LogP contribution in [0.3, 0.4) is 0 Å². The monoisotopic (exact) mass is 349 g/mol. The van der Waals surface area contributed by atoms with E-state index in [1.165, 1.54) is 18.7 Å². The number of carboxylic acid groups (broad SMARTS) is 1. The van der Waals surface area contributed by atoms with Crippen LogP contribution in [0.5, 0.6) is 0 Å². The molecule has 7 nitrogen and oxygen atoms in total. The fraction of sp³-hybridized carbons (Fsp3) is 0.692. The van der Waals surface area contributed by atoms with E-state index in [4.69, 9.17) is 4.74 Å². The van der Waals surface area contributed by atoms with Crippen molar-refractivity contribution in [1.82, 2.24) is 4.90 Å². The van der Waals surface area contributed by atoms with Gasteiger partial charge in [-0.25, -0.2) is 4.79 Å². The minimum Gasteiger partial charge on any atom is -0.480 e. The SMILES string of the molecule is CC(=O)SCC(CSC(C)=O)C(=O)N1CCOCC1C(=O)O. The first-order valence-corrected chi connectivity index (χ1v) is 8.67. The molecule has 0 aromatic carbocycles. The minimum atomic E-state index is -1.12. The molecule has 1 rings (SSSR count). The number of amides is 1. The lowest BCUT2D eigenvalue weighted by atomic mass is 10.1. The van der Waals surface area contributed by atoms with E-state index in [1.54, 1.807) is 0 Å². The van der Waals surface area contributed by atoms with Crippen molar-refractivity contribution in [3.63, 3.8) is 0 Å². The van der Waals surface area contributed by atoms with Crippen LogP contribution in [0, 0.1) is 5.92 Å². The second-order valence-electron chi connectivity index (χ2n) is 4.76. The fourth-order valence-electron chi connectivity index (χ4n) is 1.93. The highest BCUT2D eigenvalue weighted by Gasteiger charge is 2.36. The summed E-state index contributed by atoms with van der Waals surface area (Å²) < 4.78 is 5.11. The number of carbonyl (C=O) groups is 4. The second-order valence-corrected chi connectivity index (χ2v) is 7.16. The van der Waals surface area contributed by atoms with Crippen molar-refractivity contribution < 1.29 is 29.0 Å². The van der Waals surface area contributed by atoms with Gasteiger partial charge in [0, 0.05) is 31.9 Å². The van der Waals surface area contributed by atoms with Gasteiger partial charge in [0.15, 0.2) is 16.3 Å². The Balaban J connectivity index is 2.80. The summed E-state index contributed by atoms with van der Waals surface area (Å²) in [5.41, 5.74) is 0. The first-order chi connectivity index (χ1) is 10.3. The first-order valence-electron chi connectivity index (χ1n) is 6.70. The van der Waals surface area contributed by atoms with Crippen LogP contribution in [-0.2, 0) is 23.9 Å². The van der Waals surface area contributed by atoms with Gasteiger partial charge in [0.2, 0.25) is 5.91 Å². The van der Waals surface area contributed by atoms with Crippen LogP contribution in [0.25, 0.3) is 0 Å². The summed E-state index contributed by atoms with van der Waals surface area (Å²) in [6.07, 6.45) is 0. The molecule has 1 atom stereocenters. The lowest BCUT2D eigenvalue weighted by molar-refractivity contribution is -0.159. The summed E-state index contributed by atoms with van der Waals surface area (Å²) in [6.45, 7) is 3.23. The normalized spacial score (nSPS) is 18.3. The molecule has 1 heterocycles. The van der Waals surface area contributed by atoms with Gasteiger partial charge in [0.25, 0.3) is 0 Å². The van der Waals surface area contributed by atoms with Crippen LogP contribution in [0.2, 0.25) is 0 Å². The maximum atomic E-state index is 12.6. The molecule has 1 aliphatic rings. The van der Waals surface area contributed by atoms with E-state index in [0.29, 0.717) is 0 Å². The maximum absolute atomic E-state index is 12.6. The summed E-state index contributed by atoms with van der Waals surface area (Å²) in [5, 5.41) is 8.94. The average molecular weight is 349 g/mol. The Morgan fingerprint density at radius 1 is 1.18 bits per heavy atom. The molecule has 22 heavy (non-hydrogen) atoms. The molecule has 9 heteroatoms. The Morgan fingerprint density at radius 3 is 2.18 bits per heavy atom. The third kappa shape index (κ3) is 5.98. The fourth-order valence-corrected chi connectivity index (χ4v) is 3.47. The number of nitrogens with zero attached hydrogens (tertiary/aromatic N) is 1. The van der Waals surface area contributed by atoms with Gasteiger partial charge in [-0.2, -0.15) is 0 Å². The molecule has 1 unspecified atom stereocenters. The van der Waals surface area contributed by atoms with E-state index in [-0.39, 0.29) is 47.4 Å². The van der Waals surface area contributed by atoms with E-state index in [1.807, 2.05) is 0 Å². The van der Waals surface area contributed by atoms with Crippen LogP contribution >= 0.6 is 23.5 Å². The summed E-state index contributed by atoms with van der Waals surface area (Å²) in [6, 6.07) is -1.02. The maximum Gasteiger partial charge on any atom is 0.328 e. The van der Waals surface area contributed by atoms with Crippen molar-refractivity contribution in [3.05, 3.63) is 0 Å². The molecule has 124 valence electrons. The van der Waals surface area contributed by atoms with Gasteiger partial charge in [-0.1, -0.05) is 23.5 Å². The van der Waals surface area contributed by atoms with E-state index >= 15 is 0 Å². The van der Waals surface area contributed by atoms with Gasteiger partial charge in [0.1, 0.15) is 0 Å². The lowest BCUT2D eigenvalue weighted by Crippen LogP contribution is -2.54. The Morgan fingerprint density at radius 2 is 1.73 bits per heavy atom. The second kappa shape index (κ2) is 9.16. The molecule has 0 bridgehead atoms. The Hall–Kier alpha value is -1.06. The number of ether oxygens (including phenoxy) is 1. The molecule has 0 saturated carbocycles. The van der Waals surface area contributed by atoms with Crippen LogP contribution in [0.4, 0.5) is 0 Å². The highest BCUT2D eigenvalue weighted by molar-refractivity contribution is 8.14. The number of hydrogen-bond acceptors (Lipinski definition) is 7. The molecule has 1 N–H and O–H groups in total. The first kappa shape index (κ1) is 19.0. The van der Waals surface area contributed by atoms with E-state index in [9.17, 15) is 24.3 Å². The van der Waals surface area contributed by atoms with E-state index < -0.39 is 17.9 Å². The minimum absolute atomic E-state index is 0.0481. The average Bonchev–Trinajstić information content (AvgIpc) is 2.46. The van der Waals surface area contributed by atoms with Gasteiger partial charge < -0.3 is 14.7 Å². The van der Waals surface area contributed by atoms with Gasteiger partial charge in [-0.05, 0) is 0 Å². The van der Waals surface area contributed by atoms with Crippen LogP contribution < -0.4 is 0 Å². The van der Waals surface area contributed by atoms with Crippen molar-refractivity contribution >= 4 is 45.6 Å². The molecule has 0 aromatic heterocycles. The molecule has 1 amide bonds. The van der Waals surface area contributed by atoms with Crippen molar-refractivity contribution in [3.8, 4) is 0 Å². The lowest BCUT2D eigenvalue weighted by Gasteiger charge is -2.35. The van der Waals surface area contributed by atoms with E-state index in [0.717, 1.165) is 23.5 Å². The van der Waals surface area contributed by atoms with Crippen molar-refractivity contribution in [2.45, 2.75) is 19.9 Å². The number of aliphatic carboxylic acids is 1. The third-order valence-corrected chi connectivity index (χ3v) is 4.97. The zero-order chi connectivity index (χ0) is 16.7. The molecular formula is C13H19NO6S2. The number of thioether (sulfide) groups is 2. The van der Waals surface area contributed by atoms with Crippen molar-refractivity contribution in [2.24, 2.45) is 5.92 Å². The quantitative estimate of drug-likeness (QED) is 0.739. The predicted molar refractivity (Wildman–Crippen MR) is 83.7 cm³/mol. The summed E-state index contributed by atoms with van der Waals surface area (Å²) in [5.74, 6) is -1.58. The Labute approximate surface area is 137 Å².